The molecule has 2 fully saturated rings. The molecule has 2 heterocycles. The molecule has 0 amide bonds. The van der Waals surface area contributed by atoms with Crippen molar-refractivity contribution < 1.29 is 9.15 Å². The number of ether oxygens (including phenoxy) is 1. The number of hydrogen-bond acceptors (Lipinski definition) is 3. The minimum absolute atomic E-state index is 0.187. The second kappa shape index (κ2) is 15.6. The lowest BCUT2D eigenvalue weighted by Crippen LogP contribution is -2.32. The average molecular weight is 952 g/mol. The van der Waals surface area contributed by atoms with Crippen molar-refractivity contribution in [3.8, 4) is 56.0 Å². The fourth-order valence-corrected chi connectivity index (χ4v) is 14.8. The van der Waals surface area contributed by atoms with Crippen molar-refractivity contribution in [3.05, 3.63) is 257 Å². The van der Waals surface area contributed by atoms with Crippen molar-refractivity contribution in [2.45, 2.75) is 56.3 Å². The van der Waals surface area contributed by atoms with Crippen LogP contribution in [0.3, 0.4) is 0 Å². The summed E-state index contributed by atoms with van der Waals surface area (Å²) in [7, 11) is 0. The highest BCUT2D eigenvalue weighted by molar-refractivity contribution is 6.06. The zero-order valence-electron chi connectivity index (χ0n) is 41.6. The van der Waals surface area contributed by atoms with Crippen molar-refractivity contribution in [2.75, 3.05) is 4.90 Å². The molecule has 11 aromatic rings. The zero-order chi connectivity index (χ0) is 48.9. The molecule has 2 saturated carbocycles. The number of anilines is 3. The van der Waals surface area contributed by atoms with Gasteiger partial charge in [0, 0.05) is 49.9 Å². The standard InChI is InChI=1S/C71H53NO2/c1-70(2)60-17-7-3-13-52(60)55-35-34-50(41-64(55)70)72(49-32-29-44(30-33-49)47-31-36-67-59(39-47)56-16-6-11-21-66(56)73-67)51-40-58(46-27-25-45(26-28-46)57-38-43-23-24-48(57)37-43)69-65(42-51)71(63-20-10-12-22-68(63)74-69)61-18-8-4-14-53(61)54-15-5-9-19-62(54)71/h3-22,25-36,39-43,48,57H,23-24,37-38H2,1-2H3. The molecule has 10 aromatic carbocycles. The molecule has 0 N–H and O–H groups in total. The van der Waals surface area contributed by atoms with Gasteiger partial charge >= 0.3 is 0 Å². The van der Waals surface area contributed by atoms with E-state index in [0.717, 1.165) is 95.7 Å². The van der Waals surface area contributed by atoms with E-state index in [1.165, 1.54) is 75.8 Å². The largest absolute Gasteiger partial charge is 0.456 e. The highest BCUT2D eigenvalue weighted by atomic mass is 16.5. The number of furan rings is 1. The summed E-state index contributed by atoms with van der Waals surface area (Å²) in [6.45, 7) is 4.76. The van der Waals surface area contributed by atoms with E-state index in [9.17, 15) is 0 Å². The molecular formula is C71H53NO2. The van der Waals surface area contributed by atoms with Crippen molar-refractivity contribution in [2.24, 2.45) is 11.8 Å². The topological polar surface area (TPSA) is 25.6 Å². The quantitative estimate of drug-likeness (QED) is 0.166. The predicted octanol–water partition coefficient (Wildman–Crippen LogP) is 19.1. The fourth-order valence-electron chi connectivity index (χ4n) is 14.8. The van der Waals surface area contributed by atoms with E-state index in [1.54, 1.807) is 0 Å². The minimum Gasteiger partial charge on any atom is -0.456 e. The van der Waals surface area contributed by atoms with Gasteiger partial charge in [-0.15, -0.1) is 0 Å². The summed E-state index contributed by atoms with van der Waals surface area (Å²) in [6.07, 6.45) is 5.48. The normalized spacial score (nSPS) is 18.6. The Hall–Kier alpha value is -8.40. The molecule has 1 spiro atoms. The molecule has 1 aliphatic heterocycles. The molecule has 74 heavy (non-hydrogen) atoms. The molecule has 4 aliphatic carbocycles. The van der Waals surface area contributed by atoms with Gasteiger partial charge in [-0.3, -0.25) is 0 Å². The second-order valence-electron chi connectivity index (χ2n) is 22.3. The molecule has 3 heteroatoms. The molecular weight excluding hydrogens is 899 g/mol. The first kappa shape index (κ1) is 42.1. The third-order valence-electron chi connectivity index (χ3n) is 18.2. The summed E-state index contributed by atoms with van der Waals surface area (Å²) in [4.78, 5) is 2.50. The van der Waals surface area contributed by atoms with E-state index >= 15 is 0 Å². The Morgan fingerprint density at radius 1 is 0.419 bits per heavy atom. The summed E-state index contributed by atoms with van der Waals surface area (Å²) < 4.78 is 13.7. The lowest BCUT2D eigenvalue weighted by atomic mass is 9.65. The van der Waals surface area contributed by atoms with E-state index in [2.05, 4.69) is 231 Å². The average Bonchev–Trinajstić information content (AvgIpc) is 4.30. The maximum Gasteiger partial charge on any atom is 0.140 e. The van der Waals surface area contributed by atoms with E-state index in [4.69, 9.17) is 9.15 Å². The SMILES string of the molecule is CC1(C)c2ccccc2-c2ccc(N(c3ccc(-c4ccc5oc6ccccc6c5c4)cc3)c3cc(-c4ccc(C5CC6CCC5C6)cc4)c4c(c3)C3(c5ccccc5O4)c4ccccc4-c4ccccc43)cc21. The van der Waals surface area contributed by atoms with Crippen LogP contribution in [0.2, 0.25) is 0 Å². The van der Waals surface area contributed by atoms with Gasteiger partial charge < -0.3 is 14.1 Å². The van der Waals surface area contributed by atoms with Gasteiger partial charge in [0.1, 0.15) is 22.7 Å². The Labute approximate surface area is 432 Å². The number of fused-ring (bicyclic) bond motifs is 17. The van der Waals surface area contributed by atoms with Gasteiger partial charge in [-0.1, -0.05) is 178 Å². The number of benzene rings is 10. The second-order valence-corrected chi connectivity index (χ2v) is 22.3. The molecule has 3 atom stereocenters. The monoisotopic (exact) mass is 951 g/mol. The number of rotatable bonds is 6. The summed E-state index contributed by atoms with van der Waals surface area (Å²) in [6, 6.07) is 81.7. The molecule has 3 nitrogen and oxygen atoms in total. The molecule has 0 saturated heterocycles. The Kier molecular flexibility index (Phi) is 8.86. The van der Waals surface area contributed by atoms with E-state index in [0.29, 0.717) is 5.92 Å². The van der Waals surface area contributed by atoms with Crippen LogP contribution < -0.4 is 9.64 Å². The molecule has 2 bridgehead atoms. The lowest BCUT2D eigenvalue weighted by Gasteiger charge is -2.41. The van der Waals surface area contributed by atoms with Crippen LogP contribution in [0.1, 0.15) is 84.4 Å². The number of hydrogen-bond donors (Lipinski definition) is 0. The van der Waals surface area contributed by atoms with Gasteiger partial charge in [-0.2, -0.15) is 0 Å². The van der Waals surface area contributed by atoms with Gasteiger partial charge in [0.2, 0.25) is 0 Å². The van der Waals surface area contributed by atoms with Crippen LogP contribution in [0, 0.1) is 11.8 Å². The number of para-hydroxylation sites is 2. The Morgan fingerprint density at radius 3 is 1.77 bits per heavy atom. The molecule has 5 aliphatic rings. The Balaban J connectivity index is 0.944. The molecule has 3 unspecified atom stereocenters. The van der Waals surface area contributed by atoms with Crippen molar-refractivity contribution in [1.82, 2.24) is 0 Å². The van der Waals surface area contributed by atoms with Crippen LogP contribution >= 0.6 is 0 Å². The van der Waals surface area contributed by atoms with Gasteiger partial charge in [-0.25, -0.2) is 0 Å². The lowest BCUT2D eigenvalue weighted by molar-refractivity contribution is 0.420. The van der Waals surface area contributed by atoms with Gasteiger partial charge in [0.25, 0.3) is 0 Å². The number of nitrogens with zero attached hydrogens (tertiary/aromatic N) is 1. The maximum atomic E-state index is 7.41. The van der Waals surface area contributed by atoms with Crippen molar-refractivity contribution >= 4 is 39.0 Å². The predicted molar refractivity (Wildman–Crippen MR) is 302 cm³/mol. The van der Waals surface area contributed by atoms with Crippen LogP contribution in [0.15, 0.2) is 223 Å². The Morgan fingerprint density at radius 2 is 1.03 bits per heavy atom. The van der Waals surface area contributed by atoms with Crippen LogP contribution in [-0.4, -0.2) is 0 Å². The molecule has 16 rings (SSSR count). The van der Waals surface area contributed by atoms with E-state index < -0.39 is 5.41 Å². The zero-order valence-corrected chi connectivity index (χ0v) is 41.6. The first-order valence-electron chi connectivity index (χ1n) is 26.7. The summed E-state index contributed by atoms with van der Waals surface area (Å²) in [5, 5.41) is 2.26. The van der Waals surface area contributed by atoms with Crippen molar-refractivity contribution in [3.63, 3.8) is 0 Å². The maximum absolute atomic E-state index is 7.41. The highest BCUT2D eigenvalue weighted by Crippen LogP contribution is 2.64. The van der Waals surface area contributed by atoms with Gasteiger partial charge in [0.15, 0.2) is 0 Å². The Bertz CT molecular complexity index is 4070. The fraction of sp³-hybridized carbons (Fsp3) is 0.155. The van der Waals surface area contributed by atoms with Crippen LogP contribution in [0.5, 0.6) is 11.5 Å². The third kappa shape index (κ3) is 5.90. The van der Waals surface area contributed by atoms with Crippen LogP contribution in [0.25, 0.3) is 66.4 Å². The third-order valence-corrected chi connectivity index (χ3v) is 18.2. The van der Waals surface area contributed by atoms with Crippen LogP contribution in [-0.2, 0) is 10.8 Å². The summed E-state index contributed by atoms with van der Waals surface area (Å²) in [5.74, 6) is 4.15. The van der Waals surface area contributed by atoms with E-state index in [1.807, 2.05) is 6.07 Å². The van der Waals surface area contributed by atoms with E-state index in [-0.39, 0.29) is 5.41 Å². The summed E-state index contributed by atoms with van der Waals surface area (Å²) in [5.41, 5.74) is 23.0. The van der Waals surface area contributed by atoms with Gasteiger partial charge in [-0.05, 0) is 164 Å². The highest BCUT2D eigenvalue weighted by Gasteiger charge is 2.52. The smallest absolute Gasteiger partial charge is 0.140 e. The molecule has 1 aromatic heterocycles. The summed E-state index contributed by atoms with van der Waals surface area (Å²) >= 11 is 0. The van der Waals surface area contributed by atoms with Gasteiger partial charge in [0.05, 0.1) is 5.41 Å². The van der Waals surface area contributed by atoms with Crippen LogP contribution in [0.4, 0.5) is 17.1 Å². The minimum atomic E-state index is -0.655. The first-order valence-corrected chi connectivity index (χ1v) is 26.7. The first-order chi connectivity index (χ1) is 36.4. The molecule has 0 radical (unpaired) electrons. The molecule has 354 valence electrons. The van der Waals surface area contributed by atoms with Crippen molar-refractivity contribution in [1.29, 1.82) is 0 Å².